The third-order valence-corrected chi connectivity index (χ3v) is 3.01. The number of hydrogen-bond acceptors (Lipinski definition) is 0. The van der Waals surface area contributed by atoms with Crippen molar-refractivity contribution in [1.82, 2.24) is 0 Å². The number of aryl methyl sites for hydroxylation is 2. The molecule has 0 radical (unpaired) electrons. The zero-order valence-electron chi connectivity index (χ0n) is 10.9. The molecule has 0 aliphatic heterocycles. The van der Waals surface area contributed by atoms with E-state index in [4.69, 9.17) is 0 Å². The van der Waals surface area contributed by atoms with Gasteiger partial charge in [0.25, 0.3) is 0 Å². The zero-order valence-corrected chi connectivity index (χ0v) is 10.9. The van der Waals surface area contributed by atoms with E-state index in [9.17, 15) is 0 Å². The van der Waals surface area contributed by atoms with Crippen molar-refractivity contribution in [3.8, 4) is 0 Å². The molecule has 0 amide bonds. The molecule has 90 valence electrons. The van der Waals surface area contributed by atoms with Crippen molar-refractivity contribution in [2.45, 2.75) is 65.3 Å². The number of rotatable bonds is 8. The highest BCUT2D eigenvalue weighted by Gasteiger charge is 2.02. The average molecular weight is 220 g/mol. The van der Waals surface area contributed by atoms with Crippen molar-refractivity contribution in [2.24, 2.45) is 0 Å². The summed E-state index contributed by atoms with van der Waals surface area (Å²) in [5.41, 5.74) is 1.49. The molecule has 0 fully saturated rings. The van der Waals surface area contributed by atoms with E-state index < -0.39 is 0 Å². The molecule has 1 nitrogen and oxygen atoms in total. The standard InChI is InChI=1S/C15H26N/c1-3-5-7-10-15-11-9-13-16(14-15)12-8-6-4-2/h9,11,13-14H,3-8,10,12H2,1-2H3/q+1. The molecule has 16 heavy (non-hydrogen) atoms. The Balaban J connectivity index is 2.37. The van der Waals surface area contributed by atoms with Gasteiger partial charge in [0, 0.05) is 18.1 Å². The van der Waals surface area contributed by atoms with Crippen LogP contribution in [-0.4, -0.2) is 0 Å². The highest BCUT2D eigenvalue weighted by Crippen LogP contribution is 2.04. The lowest BCUT2D eigenvalue weighted by molar-refractivity contribution is -0.697. The molecule has 1 aromatic rings. The molecule has 0 spiro atoms. The van der Waals surface area contributed by atoms with Gasteiger partial charge in [-0.3, -0.25) is 0 Å². The van der Waals surface area contributed by atoms with Gasteiger partial charge in [-0.2, -0.15) is 0 Å². The predicted octanol–water partition coefficient (Wildman–Crippen LogP) is 3.90. The van der Waals surface area contributed by atoms with Crippen LogP contribution in [0.25, 0.3) is 0 Å². The molecule has 0 saturated heterocycles. The number of unbranched alkanes of at least 4 members (excludes halogenated alkanes) is 4. The largest absolute Gasteiger partial charge is 0.205 e. The van der Waals surface area contributed by atoms with Gasteiger partial charge in [0.05, 0.1) is 0 Å². The van der Waals surface area contributed by atoms with Crippen molar-refractivity contribution in [3.63, 3.8) is 0 Å². The summed E-state index contributed by atoms with van der Waals surface area (Å²) in [5, 5.41) is 0. The Morgan fingerprint density at radius 1 is 1.00 bits per heavy atom. The highest BCUT2D eigenvalue weighted by atomic mass is 14.9. The van der Waals surface area contributed by atoms with Gasteiger partial charge < -0.3 is 0 Å². The maximum absolute atomic E-state index is 2.34. The quantitative estimate of drug-likeness (QED) is 0.462. The fourth-order valence-electron chi connectivity index (χ4n) is 1.99. The molecular weight excluding hydrogens is 194 g/mol. The van der Waals surface area contributed by atoms with Crippen molar-refractivity contribution in [1.29, 1.82) is 0 Å². The Morgan fingerprint density at radius 2 is 1.75 bits per heavy atom. The van der Waals surface area contributed by atoms with Crippen molar-refractivity contribution >= 4 is 0 Å². The van der Waals surface area contributed by atoms with Gasteiger partial charge in [0.1, 0.15) is 6.54 Å². The molecule has 0 aromatic carbocycles. The minimum Gasteiger partial charge on any atom is -0.205 e. The van der Waals surface area contributed by atoms with Gasteiger partial charge in [0.2, 0.25) is 0 Å². The topological polar surface area (TPSA) is 3.88 Å². The third kappa shape index (κ3) is 5.29. The van der Waals surface area contributed by atoms with Crippen LogP contribution in [0.5, 0.6) is 0 Å². The normalized spacial score (nSPS) is 10.6. The fraction of sp³-hybridized carbons (Fsp3) is 0.667. The number of aromatic nitrogens is 1. The Hall–Kier alpha value is -0.850. The van der Waals surface area contributed by atoms with Crippen LogP contribution in [0.15, 0.2) is 24.5 Å². The van der Waals surface area contributed by atoms with Gasteiger partial charge >= 0.3 is 0 Å². The van der Waals surface area contributed by atoms with Gasteiger partial charge in [-0.1, -0.05) is 33.1 Å². The second-order valence-electron chi connectivity index (χ2n) is 4.61. The molecule has 0 atom stereocenters. The Morgan fingerprint density at radius 3 is 2.50 bits per heavy atom. The molecule has 0 N–H and O–H groups in total. The zero-order chi connectivity index (χ0) is 11.6. The third-order valence-electron chi connectivity index (χ3n) is 3.01. The van der Waals surface area contributed by atoms with Crippen LogP contribution in [-0.2, 0) is 13.0 Å². The van der Waals surface area contributed by atoms with Gasteiger partial charge in [-0.25, -0.2) is 4.57 Å². The van der Waals surface area contributed by atoms with Crippen LogP contribution in [0.4, 0.5) is 0 Å². The summed E-state index contributed by atoms with van der Waals surface area (Å²) < 4.78 is 2.34. The number of pyridine rings is 1. The van der Waals surface area contributed by atoms with E-state index in [1.807, 2.05) is 0 Å². The summed E-state index contributed by atoms with van der Waals surface area (Å²) in [4.78, 5) is 0. The molecule has 1 heterocycles. The lowest BCUT2D eigenvalue weighted by atomic mass is 10.1. The van der Waals surface area contributed by atoms with Gasteiger partial charge in [-0.05, 0) is 25.3 Å². The molecule has 0 unspecified atom stereocenters. The van der Waals surface area contributed by atoms with Crippen LogP contribution in [0.3, 0.4) is 0 Å². The maximum Gasteiger partial charge on any atom is 0.171 e. The summed E-state index contributed by atoms with van der Waals surface area (Å²) in [6, 6.07) is 4.44. The SMILES string of the molecule is CCCCCc1ccc[n+](CCCCC)c1. The first-order valence-electron chi connectivity index (χ1n) is 6.84. The summed E-state index contributed by atoms with van der Waals surface area (Å²) in [7, 11) is 0. The minimum absolute atomic E-state index is 1.18. The average Bonchev–Trinajstić information content (AvgIpc) is 2.30. The fourth-order valence-corrected chi connectivity index (χ4v) is 1.99. The summed E-state index contributed by atoms with van der Waals surface area (Å²) in [6.45, 7) is 5.69. The van der Waals surface area contributed by atoms with E-state index in [0.29, 0.717) is 0 Å². The van der Waals surface area contributed by atoms with E-state index in [1.165, 1.54) is 57.1 Å². The first kappa shape index (κ1) is 13.2. The first-order valence-corrected chi connectivity index (χ1v) is 6.84. The summed E-state index contributed by atoms with van der Waals surface area (Å²) >= 11 is 0. The predicted molar refractivity (Wildman–Crippen MR) is 69.4 cm³/mol. The van der Waals surface area contributed by atoms with Crippen LogP contribution in [0.2, 0.25) is 0 Å². The van der Waals surface area contributed by atoms with Crippen LogP contribution in [0.1, 0.15) is 57.9 Å². The minimum atomic E-state index is 1.18. The van der Waals surface area contributed by atoms with E-state index in [-0.39, 0.29) is 0 Å². The van der Waals surface area contributed by atoms with Gasteiger partial charge in [0.15, 0.2) is 12.4 Å². The van der Waals surface area contributed by atoms with Crippen molar-refractivity contribution in [3.05, 3.63) is 30.1 Å². The van der Waals surface area contributed by atoms with E-state index in [2.05, 4.69) is 42.9 Å². The maximum atomic E-state index is 2.34. The monoisotopic (exact) mass is 220 g/mol. The smallest absolute Gasteiger partial charge is 0.171 e. The first-order chi connectivity index (χ1) is 7.86. The number of nitrogens with zero attached hydrogens (tertiary/aromatic N) is 1. The molecule has 0 saturated carbocycles. The Labute approximate surface area is 101 Å². The number of hydrogen-bond donors (Lipinski definition) is 0. The van der Waals surface area contributed by atoms with Gasteiger partial charge in [-0.15, -0.1) is 0 Å². The van der Waals surface area contributed by atoms with Crippen LogP contribution in [0, 0.1) is 0 Å². The van der Waals surface area contributed by atoms with E-state index in [1.54, 1.807) is 0 Å². The second-order valence-corrected chi connectivity index (χ2v) is 4.61. The molecule has 0 aliphatic carbocycles. The molecule has 0 bridgehead atoms. The van der Waals surface area contributed by atoms with E-state index in [0.717, 1.165) is 0 Å². The lowest BCUT2D eigenvalue weighted by Crippen LogP contribution is -2.33. The summed E-state index contributed by atoms with van der Waals surface area (Å²) in [5.74, 6) is 0. The Bertz CT molecular complexity index is 255. The molecule has 1 rings (SSSR count). The van der Waals surface area contributed by atoms with Crippen molar-refractivity contribution < 1.29 is 4.57 Å². The van der Waals surface area contributed by atoms with E-state index >= 15 is 0 Å². The molecule has 1 aromatic heterocycles. The van der Waals surface area contributed by atoms with Crippen LogP contribution >= 0.6 is 0 Å². The summed E-state index contributed by atoms with van der Waals surface area (Å²) in [6.07, 6.45) is 13.7. The molecule has 0 aliphatic rings. The molecular formula is C15H26N+. The molecule has 1 heteroatoms. The Kier molecular flexibility index (Phi) is 6.87. The van der Waals surface area contributed by atoms with Crippen molar-refractivity contribution in [2.75, 3.05) is 0 Å². The second kappa shape index (κ2) is 8.32. The van der Waals surface area contributed by atoms with Crippen LogP contribution < -0.4 is 4.57 Å². The lowest BCUT2D eigenvalue weighted by Gasteiger charge is -2.00. The highest BCUT2D eigenvalue weighted by molar-refractivity contribution is 5.05.